The van der Waals surface area contributed by atoms with Crippen LogP contribution in [-0.4, -0.2) is 63.5 Å². The molecule has 1 fully saturated rings. The first-order valence-electron chi connectivity index (χ1n) is 12.4. The van der Waals surface area contributed by atoms with E-state index in [0.717, 1.165) is 29.8 Å². The van der Waals surface area contributed by atoms with E-state index in [4.69, 9.17) is 21.1 Å². The number of allylic oxidation sites excluding steroid dienone is 4. The number of amides is 1. The predicted molar refractivity (Wildman–Crippen MR) is 148 cm³/mol. The quantitative estimate of drug-likeness (QED) is 0.436. The van der Waals surface area contributed by atoms with Gasteiger partial charge in [0, 0.05) is 44.2 Å². The Kier molecular flexibility index (Phi) is 7.12. The van der Waals surface area contributed by atoms with E-state index in [0.29, 0.717) is 66.5 Å². The molecular weight excluding hydrogens is 526 g/mol. The first-order chi connectivity index (χ1) is 18.6. The van der Waals surface area contributed by atoms with E-state index in [9.17, 15) is 4.79 Å². The topological polar surface area (TPSA) is 109 Å². The van der Waals surface area contributed by atoms with Gasteiger partial charge in [0.25, 0.3) is 0 Å². The molecule has 38 heavy (non-hydrogen) atoms. The minimum Gasteiger partial charge on any atom is -0.465 e. The number of carbonyl (C=O) groups excluding carboxylic acids is 1. The number of halogens is 1. The van der Waals surface area contributed by atoms with Crippen LogP contribution in [0.15, 0.2) is 59.9 Å². The summed E-state index contributed by atoms with van der Waals surface area (Å²) >= 11 is 8.04. The van der Waals surface area contributed by atoms with Gasteiger partial charge in [-0.15, -0.1) is 11.3 Å². The van der Waals surface area contributed by atoms with E-state index >= 15 is 0 Å². The molecule has 2 aliphatic heterocycles. The third-order valence-corrected chi connectivity index (χ3v) is 7.50. The molecule has 3 aliphatic rings. The van der Waals surface area contributed by atoms with Gasteiger partial charge in [0.15, 0.2) is 16.6 Å². The fraction of sp³-hybridized carbons (Fsp3) is 0.308. The van der Waals surface area contributed by atoms with E-state index in [1.54, 1.807) is 18.7 Å². The van der Waals surface area contributed by atoms with Gasteiger partial charge in [0.2, 0.25) is 11.7 Å². The van der Waals surface area contributed by atoms with Gasteiger partial charge in [-0.05, 0) is 12.8 Å². The van der Waals surface area contributed by atoms with Gasteiger partial charge in [0.05, 0.1) is 23.5 Å². The van der Waals surface area contributed by atoms with Crippen LogP contribution in [0.2, 0.25) is 5.02 Å². The molecule has 5 heterocycles. The Morgan fingerprint density at radius 1 is 1.21 bits per heavy atom. The number of fused-ring (bicyclic) bond motifs is 1. The number of hydrogen-bond acceptors (Lipinski definition) is 9. The summed E-state index contributed by atoms with van der Waals surface area (Å²) in [5, 5.41) is 5.82. The zero-order valence-electron chi connectivity index (χ0n) is 20.5. The van der Waals surface area contributed by atoms with Crippen molar-refractivity contribution in [3.05, 3.63) is 70.7 Å². The number of rotatable bonds is 7. The van der Waals surface area contributed by atoms with Crippen LogP contribution in [0.25, 0.3) is 16.9 Å². The number of ether oxygens (including phenoxy) is 2. The number of imidazole rings is 1. The van der Waals surface area contributed by atoms with Crippen molar-refractivity contribution in [1.82, 2.24) is 24.8 Å². The lowest BCUT2D eigenvalue weighted by Crippen LogP contribution is -2.48. The molecule has 0 spiro atoms. The largest absolute Gasteiger partial charge is 0.465 e. The lowest BCUT2D eigenvalue weighted by molar-refractivity contribution is -0.117. The highest BCUT2D eigenvalue weighted by Crippen LogP contribution is 2.35. The number of nitrogens with one attached hydrogen (secondary N) is 2. The maximum atomic E-state index is 12.4. The number of carbonyl (C=O) groups is 1. The lowest BCUT2D eigenvalue weighted by Gasteiger charge is -2.36. The number of anilines is 2. The fourth-order valence-corrected chi connectivity index (χ4v) is 5.50. The van der Waals surface area contributed by atoms with E-state index in [1.807, 2.05) is 5.38 Å². The Morgan fingerprint density at radius 3 is 2.89 bits per heavy atom. The van der Waals surface area contributed by atoms with Crippen LogP contribution in [0.3, 0.4) is 0 Å². The summed E-state index contributed by atoms with van der Waals surface area (Å²) in [6.07, 6.45) is 15.5. The average Bonchev–Trinajstić information content (AvgIpc) is 3.60. The summed E-state index contributed by atoms with van der Waals surface area (Å²) in [7, 11) is 0. The SMILES string of the molecule is O=C(CN1CCN(c2c(Cl)cnc3nc(C4=COC=C(CC5=CC=CCC5)O4)[nH]c23)CC1)Nc1nccs1. The van der Waals surface area contributed by atoms with E-state index in [1.165, 1.54) is 23.2 Å². The molecule has 1 amide bonds. The normalized spacial score (nSPS) is 17.9. The Hall–Kier alpha value is -3.67. The van der Waals surface area contributed by atoms with Gasteiger partial charge in [-0.2, -0.15) is 0 Å². The first kappa shape index (κ1) is 24.7. The zero-order chi connectivity index (χ0) is 25.9. The summed E-state index contributed by atoms with van der Waals surface area (Å²) in [6, 6.07) is 0. The molecule has 0 aromatic carbocycles. The van der Waals surface area contributed by atoms with Crippen molar-refractivity contribution < 1.29 is 14.3 Å². The first-order valence-corrected chi connectivity index (χ1v) is 13.7. The summed E-state index contributed by atoms with van der Waals surface area (Å²) in [4.78, 5) is 33.2. The number of H-pyrrole nitrogens is 1. The van der Waals surface area contributed by atoms with Crippen LogP contribution in [0.5, 0.6) is 0 Å². The van der Waals surface area contributed by atoms with Crippen molar-refractivity contribution in [3.8, 4) is 0 Å². The van der Waals surface area contributed by atoms with Crippen molar-refractivity contribution in [3.63, 3.8) is 0 Å². The van der Waals surface area contributed by atoms with Gasteiger partial charge < -0.3 is 24.7 Å². The fourth-order valence-electron chi connectivity index (χ4n) is 4.69. The maximum absolute atomic E-state index is 12.4. The molecule has 0 radical (unpaired) electrons. The van der Waals surface area contributed by atoms with Crippen molar-refractivity contribution in [1.29, 1.82) is 0 Å². The smallest absolute Gasteiger partial charge is 0.240 e. The van der Waals surface area contributed by atoms with Crippen molar-refractivity contribution >= 4 is 56.6 Å². The predicted octanol–water partition coefficient (Wildman–Crippen LogP) is 4.68. The molecule has 12 heteroatoms. The minimum absolute atomic E-state index is 0.0661. The van der Waals surface area contributed by atoms with Crippen molar-refractivity contribution in [2.24, 2.45) is 0 Å². The second kappa shape index (κ2) is 11.0. The van der Waals surface area contributed by atoms with Gasteiger partial charge in [-0.1, -0.05) is 35.4 Å². The zero-order valence-corrected chi connectivity index (χ0v) is 22.1. The molecular formula is C26H26ClN7O3S. The van der Waals surface area contributed by atoms with E-state index in [2.05, 4.69) is 53.3 Å². The standard InChI is InChI=1S/C26H26ClN7O3S/c27-19-13-29-25-22(23(19)34-9-7-33(8-10-34)14-21(35)30-26-28-6-11-38-26)31-24(32-25)20-16-36-15-18(37-20)12-17-4-2-1-3-5-17/h1-2,4,6,11,13,15-16H,3,5,7-10,12,14H2,(H,28,30,35)(H,29,31,32). The summed E-state index contributed by atoms with van der Waals surface area (Å²) < 4.78 is 11.7. The van der Waals surface area contributed by atoms with Crippen LogP contribution >= 0.6 is 22.9 Å². The minimum atomic E-state index is -0.0661. The third-order valence-electron chi connectivity index (χ3n) is 6.53. The van der Waals surface area contributed by atoms with E-state index in [-0.39, 0.29) is 5.91 Å². The molecule has 3 aromatic rings. The van der Waals surface area contributed by atoms with Crippen molar-refractivity contribution in [2.75, 3.05) is 42.9 Å². The molecule has 6 rings (SSSR count). The summed E-state index contributed by atoms with van der Waals surface area (Å²) in [5.74, 6) is 1.68. The second-order valence-electron chi connectivity index (χ2n) is 9.16. The Morgan fingerprint density at radius 2 is 2.11 bits per heavy atom. The summed E-state index contributed by atoms with van der Waals surface area (Å²) in [5.41, 5.74) is 3.42. The van der Waals surface area contributed by atoms with Gasteiger partial charge in [-0.3, -0.25) is 9.69 Å². The third kappa shape index (κ3) is 5.45. The molecule has 0 atom stereocenters. The summed E-state index contributed by atoms with van der Waals surface area (Å²) in [6.45, 7) is 3.16. The molecule has 0 unspecified atom stereocenters. The molecule has 1 saturated heterocycles. The van der Waals surface area contributed by atoms with Crippen molar-refractivity contribution in [2.45, 2.75) is 19.3 Å². The Balaban J connectivity index is 1.13. The van der Waals surface area contributed by atoms with Crippen LogP contribution in [0.4, 0.5) is 10.8 Å². The average molecular weight is 552 g/mol. The number of pyridine rings is 1. The highest BCUT2D eigenvalue weighted by molar-refractivity contribution is 7.13. The van der Waals surface area contributed by atoms with Crippen LogP contribution in [0, 0.1) is 0 Å². The highest BCUT2D eigenvalue weighted by Gasteiger charge is 2.25. The highest BCUT2D eigenvalue weighted by atomic mass is 35.5. The van der Waals surface area contributed by atoms with E-state index < -0.39 is 0 Å². The monoisotopic (exact) mass is 551 g/mol. The number of piperazine rings is 1. The molecule has 0 bridgehead atoms. The lowest BCUT2D eigenvalue weighted by atomic mass is 10.0. The van der Waals surface area contributed by atoms with Gasteiger partial charge in [-0.25, -0.2) is 15.0 Å². The number of hydrogen-bond donors (Lipinski definition) is 2. The number of aromatic amines is 1. The van der Waals surface area contributed by atoms with Gasteiger partial charge in [0.1, 0.15) is 23.8 Å². The molecule has 196 valence electrons. The van der Waals surface area contributed by atoms with Crippen LogP contribution in [0.1, 0.15) is 25.1 Å². The maximum Gasteiger partial charge on any atom is 0.240 e. The molecule has 2 N–H and O–H groups in total. The number of nitrogens with zero attached hydrogens (tertiary/aromatic N) is 5. The molecule has 1 aliphatic carbocycles. The Bertz CT molecular complexity index is 1450. The Labute approximate surface area is 228 Å². The van der Waals surface area contributed by atoms with Crippen LogP contribution in [-0.2, 0) is 14.3 Å². The molecule has 10 nitrogen and oxygen atoms in total. The number of thiazole rings is 1. The molecule has 0 saturated carbocycles. The second-order valence-corrected chi connectivity index (χ2v) is 10.5. The van der Waals surface area contributed by atoms with Crippen LogP contribution < -0.4 is 10.2 Å². The van der Waals surface area contributed by atoms with Gasteiger partial charge >= 0.3 is 0 Å². The number of aromatic nitrogens is 4. The molecule has 3 aromatic heterocycles.